The van der Waals surface area contributed by atoms with E-state index in [-0.39, 0.29) is 11.3 Å². The van der Waals surface area contributed by atoms with Crippen LogP contribution in [0.25, 0.3) is 0 Å². The van der Waals surface area contributed by atoms with Crippen molar-refractivity contribution < 1.29 is 4.79 Å². The molecule has 0 spiro atoms. The lowest BCUT2D eigenvalue weighted by Gasteiger charge is -2.57. The van der Waals surface area contributed by atoms with Gasteiger partial charge in [-0.2, -0.15) is 5.10 Å². The average molecular weight is 383 g/mol. The number of carbonyl (C=O) groups excluding carboxylic acids is 1. The fraction of sp³-hybridized carbons (Fsp3) is 0.840. The summed E-state index contributed by atoms with van der Waals surface area (Å²) in [5.41, 5.74) is 0.242. The molecule has 1 aromatic rings. The van der Waals surface area contributed by atoms with Gasteiger partial charge in [-0.25, -0.2) is 0 Å². The van der Waals surface area contributed by atoms with E-state index >= 15 is 0 Å². The van der Waals surface area contributed by atoms with Gasteiger partial charge in [0.2, 0.25) is 0 Å². The lowest BCUT2D eigenvalue weighted by Crippen LogP contribution is -2.50. The Kier molecular flexibility index (Phi) is 4.71. The van der Waals surface area contributed by atoms with E-state index in [0.29, 0.717) is 12.3 Å². The highest BCUT2D eigenvalue weighted by atomic mass is 16.1. The molecule has 4 fully saturated rings. The number of hydrogen-bond acceptors (Lipinski definition) is 2. The lowest BCUT2D eigenvalue weighted by molar-refractivity contribution is -0.131. The molecule has 4 aliphatic carbocycles. The molecule has 4 saturated carbocycles. The summed E-state index contributed by atoms with van der Waals surface area (Å²) < 4.78 is 1.82. The molecule has 0 radical (unpaired) electrons. The fourth-order valence-electron chi connectivity index (χ4n) is 8.46. The normalized spacial score (nSPS) is 47.8. The molecule has 4 aliphatic rings. The second kappa shape index (κ2) is 6.99. The topological polar surface area (TPSA) is 34.9 Å². The van der Waals surface area contributed by atoms with Gasteiger partial charge in [-0.3, -0.25) is 9.48 Å². The number of ketones is 1. The van der Waals surface area contributed by atoms with Crippen LogP contribution in [0.5, 0.6) is 0 Å². The Balaban J connectivity index is 1.33. The minimum absolute atomic E-state index is 0.242. The van der Waals surface area contributed by atoms with Crippen molar-refractivity contribution >= 4 is 5.78 Å². The number of aromatic nitrogens is 2. The van der Waals surface area contributed by atoms with Crippen LogP contribution in [0.3, 0.4) is 0 Å². The molecule has 0 N–H and O–H groups in total. The number of hydrogen-bond donors (Lipinski definition) is 0. The van der Waals surface area contributed by atoms with Crippen molar-refractivity contribution in [3.8, 4) is 0 Å². The van der Waals surface area contributed by atoms with E-state index in [1.807, 2.05) is 16.9 Å². The molecule has 5 rings (SSSR count). The van der Waals surface area contributed by atoms with Gasteiger partial charge in [0.1, 0.15) is 0 Å². The summed E-state index contributed by atoms with van der Waals surface area (Å²) in [6, 6.07) is 1.92. The van der Waals surface area contributed by atoms with Gasteiger partial charge in [0.25, 0.3) is 0 Å². The number of Topliss-reactive ketones (excluding diaryl/α,β-unsaturated/α-hetero) is 1. The molecule has 154 valence electrons. The van der Waals surface area contributed by atoms with Gasteiger partial charge in [0, 0.05) is 18.3 Å². The molecule has 3 nitrogen and oxygen atoms in total. The molecule has 1 aromatic heterocycles. The van der Waals surface area contributed by atoms with Gasteiger partial charge in [-0.15, -0.1) is 0 Å². The summed E-state index contributed by atoms with van der Waals surface area (Å²) >= 11 is 0. The highest BCUT2D eigenvalue weighted by Gasteiger charge is 2.58. The van der Waals surface area contributed by atoms with Crippen molar-refractivity contribution in [3.05, 3.63) is 18.5 Å². The van der Waals surface area contributed by atoms with E-state index < -0.39 is 0 Å². The zero-order valence-corrected chi connectivity index (χ0v) is 18.0. The van der Waals surface area contributed by atoms with Crippen molar-refractivity contribution in [2.75, 3.05) is 0 Å². The third-order valence-electron chi connectivity index (χ3n) is 10.1. The summed E-state index contributed by atoms with van der Waals surface area (Å²) in [5.74, 6) is 7.11. The minimum Gasteiger partial charge on any atom is -0.297 e. The first kappa shape index (κ1) is 18.9. The summed E-state index contributed by atoms with van der Waals surface area (Å²) in [6.45, 7) is 7.92. The number of carbonyl (C=O) groups is 1. The zero-order chi connectivity index (χ0) is 19.5. The second-order valence-electron chi connectivity index (χ2n) is 11.2. The Morgan fingerprint density at radius 1 is 1.04 bits per heavy atom. The molecular weight excluding hydrogens is 344 g/mol. The maximum Gasteiger partial charge on any atom is 0.157 e. The summed E-state index contributed by atoms with van der Waals surface area (Å²) in [5, 5.41) is 4.27. The van der Waals surface area contributed by atoms with Gasteiger partial charge in [-0.1, -0.05) is 20.8 Å². The molecule has 0 unspecified atom stereocenters. The van der Waals surface area contributed by atoms with Crippen molar-refractivity contribution in [2.45, 2.75) is 78.7 Å². The average Bonchev–Trinajstić information content (AvgIpc) is 3.29. The molecule has 28 heavy (non-hydrogen) atoms. The second-order valence-corrected chi connectivity index (χ2v) is 11.2. The number of nitrogens with zero attached hydrogens (tertiary/aromatic N) is 2. The predicted molar refractivity (Wildman–Crippen MR) is 112 cm³/mol. The minimum atomic E-state index is 0.242. The maximum atomic E-state index is 13.2. The van der Waals surface area contributed by atoms with Crippen LogP contribution in [0, 0.1) is 52.8 Å². The first-order chi connectivity index (χ1) is 13.5. The Labute approximate surface area is 170 Å². The van der Waals surface area contributed by atoms with Crippen molar-refractivity contribution in [2.24, 2.45) is 52.8 Å². The highest BCUT2D eigenvalue weighted by Crippen LogP contribution is 2.64. The molecule has 3 heteroatoms. The summed E-state index contributed by atoms with van der Waals surface area (Å²) in [7, 11) is 0. The molecule has 0 bridgehead atoms. The smallest absolute Gasteiger partial charge is 0.157 e. The maximum absolute atomic E-state index is 13.2. The number of rotatable bonds is 3. The molecule has 0 aliphatic heterocycles. The van der Waals surface area contributed by atoms with E-state index in [0.717, 1.165) is 47.8 Å². The molecule has 0 aromatic carbocycles. The lowest BCUT2D eigenvalue weighted by atomic mass is 9.48. The van der Waals surface area contributed by atoms with Gasteiger partial charge in [0.05, 0.1) is 6.54 Å². The van der Waals surface area contributed by atoms with Gasteiger partial charge >= 0.3 is 0 Å². The van der Waals surface area contributed by atoms with Gasteiger partial charge in [0.15, 0.2) is 5.78 Å². The van der Waals surface area contributed by atoms with Crippen LogP contribution in [0.2, 0.25) is 0 Å². The van der Waals surface area contributed by atoms with Crippen molar-refractivity contribution in [1.82, 2.24) is 9.78 Å². The quantitative estimate of drug-likeness (QED) is 0.682. The van der Waals surface area contributed by atoms with E-state index in [1.54, 1.807) is 6.20 Å². The molecule has 0 amide bonds. The van der Waals surface area contributed by atoms with E-state index in [4.69, 9.17) is 0 Å². The SMILES string of the molecule is C[C@@H]1C[C@@H]2CC[C@@H]3[C@H](CC[C@]4(C)[C@@H](C(=O)Cn5cccn5)CC[C@@H]34)[C@H]2C[C@H]1C. The Morgan fingerprint density at radius 3 is 2.64 bits per heavy atom. The van der Waals surface area contributed by atoms with Crippen LogP contribution in [0.1, 0.15) is 72.1 Å². The first-order valence-electron chi connectivity index (χ1n) is 12.0. The van der Waals surface area contributed by atoms with Crippen LogP contribution in [-0.4, -0.2) is 15.6 Å². The monoisotopic (exact) mass is 382 g/mol. The van der Waals surface area contributed by atoms with Crippen LogP contribution >= 0.6 is 0 Å². The van der Waals surface area contributed by atoms with Crippen LogP contribution < -0.4 is 0 Å². The Morgan fingerprint density at radius 2 is 1.86 bits per heavy atom. The van der Waals surface area contributed by atoms with Crippen LogP contribution in [0.4, 0.5) is 0 Å². The van der Waals surface area contributed by atoms with E-state index in [9.17, 15) is 4.79 Å². The zero-order valence-electron chi connectivity index (χ0n) is 18.0. The predicted octanol–water partition coefficient (Wildman–Crippen LogP) is 5.60. The standard InChI is InChI=1S/C25H38N2O/c1-16-13-18-5-6-20-19(21(18)14-17(16)2)9-10-25(3)22(20)7-8-23(25)24(28)15-27-12-4-11-26-27/h4,11-12,16-23H,5-10,13-15H2,1-3H3/t16-,17-,18+,19+,20-,21+,22+,23-,25+/m1/s1. The largest absolute Gasteiger partial charge is 0.297 e. The van der Waals surface area contributed by atoms with E-state index in [1.165, 1.54) is 44.9 Å². The van der Waals surface area contributed by atoms with Gasteiger partial charge < -0.3 is 0 Å². The summed E-state index contributed by atoms with van der Waals surface area (Å²) in [6.07, 6.45) is 14.6. The molecule has 1 heterocycles. The van der Waals surface area contributed by atoms with Crippen molar-refractivity contribution in [3.63, 3.8) is 0 Å². The van der Waals surface area contributed by atoms with Crippen LogP contribution in [-0.2, 0) is 11.3 Å². The third kappa shape index (κ3) is 2.91. The van der Waals surface area contributed by atoms with Crippen LogP contribution in [0.15, 0.2) is 18.5 Å². The fourth-order valence-corrected chi connectivity index (χ4v) is 8.46. The van der Waals surface area contributed by atoms with Gasteiger partial charge in [-0.05, 0) is 104 Å². The highest BCUT2D eigenvalue weighted by molar-refractivity contribution is 5.82. The number of fused-ring (bicyclic) bond motifs is 5. The Bertz CT molecular complexity index is 712. The first-order valence-corrected chi connectivity index (χ1v) is 12.0. The molecule has 9 atom stereocenters. The summed E-state index contributed by atoms with van der Waals surface area (Å²) in [4.78, 5) is 13.2. The molecular formula is C25H38N2O. The van der Waals surface area contributed by atoms with E-state index in [2.05, 4.69) is 25.9 Å². The third-order valence-corrected chi connectivity index (χ3v) is 10.1. The van der Waals surface area contributed by atoms with Crippen molar-refractivity contribution in [1.29, 1.82) is 0 Å². The molecule has 0 saturated heterocycles. The Hall–Kier alpha value is -1.12.